The molecule has 0 bridgehead atoms. The first kappa shape index (κ1) is 24.6. The monoisotopic (exact) mass is 493 g/mol. The van der Waals surface area contributed by atoms with E-state index in [4.69, 9.17) is 15.1 Å². The molecule has 1 aliphatic rings. The first-order valence-electron chi connectivity index (χ1n) is 13.0. The lowest BCUT2D eigenvalue weighted by molar-refractivity contribution is -0.137. The maximum absolute atomic E-state index is 13.5. The number of hydrogen-bond acceptors (Lipinski definition) is 4. The van der Waals surface area contributed by atoms with Gasteiger partial charge in [-0.05, 0) is 55.9 Å². The predicted octanol–water partition coefficient (Wildman–Crippen LogP) is 6.11. The highest BCUT2D eigenvalue weighted by Crippen LogP contribution is 2.29. The summed E-state index contributed by atoms with van der Waals surface area (Å²) >= 11 is 0. The Kier molecular flexibility index (Phi) is 7.54. The molecule has 6 heteroatoms. The fraction of sp³-hybridized carbons (Fsp3) is 0.290. The number of aromatic nitrogens is 2. The Balaban J connectivity index is 1.41. The minimum Gasteiger partial charge on any atom is -0.481 e. The molecule has 5 rings (SSSR count). The van der Waals surface area contributed by atoms with Gasteiger partial charge in [-0.1, -0.05) is 60.7 Å². The lowest BCUT2D eigenvalue weighted by atomic mass is 9.90. The molecule has 1 fully saturated rings. The standard InChI is InChI=1S/C31H31N3O3/c35-29(36)16-8-7-15-27-30(23-12-5-2-6-13-23)33-26-18-17-24(20-28(26)32-27)31(37)34-19-9-14-25(21-34)22-10-3-1-4-11-22/h1-6,10-13,17-18,20,25H,7-9,14-16,19,21H2,(H,35,36)/t25-/m1/s1. The molecular formula is C31H31N3O3. The van der Waals surface area contributed by atoms with E-state index in [9.17, 15) is 9.59 Å². The number of piperidine rings is 1. The van der Waals surface area contributed by atoms with Crippen molar-refractivity contribution in [1.29, 1.82) is 0 Å². The van der Waals surface area contributed by atoms with Crippen molar-refractivity contribution in [1.82, 2.24) is 14.9 Å². The van der Waals surface area contributed by atoms with Crippen molar-refractivity contribution >= 4 is 22.9 Å². The zero-order chi connectivity index (χ0) is 25.6. The first-order chi connectivity index (χ1) is 18.1. The van der Waals surface area contributed by atoms with Gasteiger partial charge in [0.1, 0.15) is 0 Å². The summed E-state index contributed by atoms with van der Waals surface area (Å²) in [6.45, 7) is 1.47. The van der Waals surface area contributed by atoms with Crippen LogP contribution in [0.2, 0.25) is 0 Å². The van der Waals surface area contributed by atoms with Crippen LogP contribution >= 0.6 is 0 Å². The molecule has 6 nitrogen and oxygen atoms in total. The molecule has 1 amide bonds. The van der Waals surface area contributed by atoms with E-state index in [0.717, 1.165) is 41.9 Å². The minimum atomic E-state index is -0.789. The summed E-state index contributed by atoms with van der Waals surface area (Å²) in [6.07, 6.45) is 4.13. The van der Waals surface area contributed by atoms with Gasteiger partial charge >= 0.3 is 5.97 Å². The van der Waals surface area contributed by atoms with Gasteiger partial charge < -0.3 is 10.0 Å². The van der Waals surface area contributed by atoms with E-state index in [2.05, 4.69) is 24.3 Å². The average molecular weight is 494 g/mol. The van der Waals surface area contributed by atoms with Crippen LogP contribution in [0, 0.1) is 0 Å². The fourth-order valence-electron chi connectivity index (χ4n) is 5.14. The number of likely N-dealkylation sites (tertiary alicyclic amines) is 1. The van der Waals surface area contributed by atoms with E-state index in [1.54, 1.807) is 0 Å². The zero-order valence-corrected chi connectivity index (χ0v) is 20.8. The average Bonchev–Trinajstić information content (AvgIpc) is 2.95. The van der Waals surface area contributed by atoms with Crippen molar-refractivity contribution in [2.75, 3.05) is 13.1 Å². The largest absolute Gasteiger partial charge is 0.481 e. The van der Waals surface area contributed by atoms with Crippen LogP contribution in [0.1, 0.15) is 59.6 Å². The van der Waals surface area contributed by atoms with Crippen LogP contribution in [0.15, 0.2) is 78.9 Å². The third-order valence-electron chi connectivity index (χ3n) is 7.06. The van der Waals surface area contributed by atoms with Crippen molar-refractivity contribution in [2.45, 2.75) is 44.4 Å². The van der Waals surface area contributed by atoms with Crippen molar-refractivity contribution in [3.05, 3.63) is 95.7 Å². The lowest BCUT2D eigenvalue weighted by Crippen LogP contribution is -2.39. The number of carboxylic acid groups (broad SMARTS) is 1. The van der Waals surface area contributed by atoms with Crippen LogP contribution in [0.5, 0.6) is 0 Å². The normalized spacial score (nSPS) is 15.6. The highest BCUT2D eigenvalue weighted by molar-refractivity contribution is 5.97. The highest BCUT2D eigenvalue weighted by atomic mass is 16.4. The van der Waals surface area contributed by atoms with Gasteiger partial charge in [0.15, 0.2) is 0 Å². The van der Waals surface area contributed by atoms with Gasteiger partial charge in [-0.25, -0.2) is 9.97 Å². The van der Waals surface area contributed by atoms with Crippen molar-refractivity contribution in [3.8, 4) is 11.3 Å². The van der Waals surface area contributed by atoms with Crippen molar-refractivity contribution < 1.29 is 14.7 Å². The van der Waals surface area contributed by atoms with Crippen LogP contribution in [0.4, 0.5) is 0 Å². The summed E-state index contributed by atoms with van der Waals surface area (Å²) in [5.41, 5.74) is 5.96. The number of amides is 1. The maximum Gasteiger partial charge on any atom is 0.303 e. The third-order valence-corrected chi connectivity index (χ3v) is 7.06. The summed E-state index contributed by atoms with van der Waals surface area (Å²) in [5.74, 6) is -0.410. The van der Waals surface area contributed by atoms with E-state index in [1.165, 1.54) is 5.56 Å². The molecule has 2 heterocycles. The van der Waals surface area contributed by atoms with E-state index >= 15 is 0 Å². The van der Waals surface area contributed by atoms with Crippen molar-refractivity contribution in [3.63, 3.8) is 0 Å². The molecule has 3 aromatic carbocycles. The smallest absolute Gasteiger partial charge is 0.303 e. The molecule has 0 saturated carbocycles. The molecule has 1 aromatic heterocycles. The van der Waals surface area contributed by atoms with Crippen LogP contribution in [-0.4, -0.2) is 44.9 Å². The molecule has 0 unspecified atom stereocenters. The number of rotatable bonds is 8. The Labute approximate surface area is 217 Å². The molecule has 37 heavy (non-hydrogen) atoms. The SMILES string of the molecule is O=C(O)CCCCc1nc2cc(C(=O)N3CCC[C@@H](c4ccccc4)C3)ccc2nc1-c1ccccc1. The number of carbonyl (C=O) groups is 2. The van der Waals surface area contributed by atoms with Gasteiger partial charge in [-0.2, -0.15) is 0 Å². The summed E-state index contributed by atoms with van der Waals surface area (Å²) in [6, 6.07) is 25.9. The van der Waals surface area contributed by atoms with Gasteiger partial charge in [0.25, 0.3) is 5.91 Å². The molecule has 0 aliphatic carbocycles. The van der Waals surface area contributed by atoms with Crippen LogP contribution in [0.3, 0.4) is 0 Å². The Morgan fingerprint density at radius 2 is 1.65 bits per heavy atom. The third kappa shape index (κ3) is 5.85. The van der Waals surface area contributed by atoms with Gasteiger partial charge in [0, 0.05) is 36.6 Å². The second-order valence-corrected chi connectivity index (χ2v) is 9.69. The first-order valence-corrected chi connectivity index (χ1v) is 13.0. The van der Waals surface area contributed by atoms with Crippen LogP contribution in [-0.2, 0) is 11.2 Å². The number of carbonyl (C=O) groups excluding carboxylic acids is 1. The Hall–Kier alpha value is -4.06. The number of carboxylic acids is 1. The van der Waals surface area contributed by atoms with E-state index < -0.39 is 5.97 Å². The molecule has 4 aromatic rings. The van der Waals surface area contributed by atoms with Crippen molar-refractivity contribution in [2.24, 2.45) is 0 Å². The lowest BCUT2D eigenvalue weighted by Gasteiger charge is -2.33. The second-order valence-electron chi connectivity index (χ2n) is 9.69. The predicted molar refractivity (Wildman–Crippen MR) is 144 cm³/mol. The molecule has 1 aliphatic heterocycles. The quantitative estimate of drug-likeness (QED) is 0.299. The van der Waals surface area contributed by atoms with Crippen LogP contribution in [0.25, 0.3) is 22.3 Å². The fourth-order valence-corrected chi connectivity index (χ4v) is 5.14. The number of hydrogen-bond donors (Lipinski definition) is 1. The summed E-state index contributed by atoms with van der Waals surface area (Å²) < 4.78 is 0. The summed E-state index contributed by atoms with van der Waals surface area (Å²) in [4.78, 5) is 36.3. The number of benzene rings is 3. The Bertz CT molecular complexity index is 1390. The van der Waals surface area contributed by atoms with Gasteiger partial charge in [-0.3, -0.25) is 9.59 Å². The minimum absolute atomic E-state index is 0.0273. The molecule has 0 radical (unpaired) electrons. The van der Waals surface area contributed by atoms with Gasteiger partial charge in [0.05, 0.1) is 22.4 Å². The maximum atomic E-state index is 13.5. The van der Waals surface area contributed by atoms with E-state index in [1.807, 2.05) is 59.5 Å². The topological polar surface area (TPSA) is 83.4 Å². The van der Waals surface area contributed by atoms with E-state index in [-0.39, 0.29) is 12.3 Å². The molecule has 1 atom stereocenters. The molecule has 1 N–H and O–H groups in total. The second kappa shape index (κ2) is 11.3. The molecule has 1 saturated heterocycles. The Morgan fingerprint density at radius 3 is 2.41 bits per heavy atom. The number of aliphatic carboxylic acids is 1. The number of unbranched alkanes of at least 4 members (excludes halogenated alkanes) is 1. The van der Waals surface area contributed by atoms with E-state index in [0.29, 0.717) is 42.8 Å². The number of nitrogens with zero attached hydrogens (tertiary/aromatic N) is 3. The molecular weight excluding hydrogens is 462 g/mol. The Morgan fingerprint density at radius 1 is 0.892 bits per heavy atom. The van der Waals surface area contributed by atoms with Gasteiger partial charge in [-0.15, -0.1) is 0 Å². The van der Waals surface area contributed by atoms with Gasteiger partial charge in [0.2, 0.25) is 0 Å². The number of fused-ring (bicyclic) bond motifs is 1. The summed E-state index contributed by atoms with van der Waals surface area (Å²) in [5, 5.41) is 8.99. The zero-order valence-electron chi connectivity index (χ0n) is 20.8. The molecule has 0 spiro atoms. The molecule has 188 valence electrons. The number of aryl methyl sites for hydroxylation is 1. The summed E-state index contributed by atoms with van der Waals surface area (Å²) in [7, 11) is 0. The van der Waals surface area contributed by atoms with Crippen LogP contribution < -0.4 is 0 Å². The highest BCUT2D eigenvalue weighted by Gasteiger charge is 2.26.